The van der Waals surface area contributed by atoms with Gasteiger partial charge in [-0.3, -0.25) is 24.1 Å². The van der Waals surface area contributed by atoms with E-state index < -0.39 is 5.91 Å². The summed E-state index contributed by atoms with van der Waals surface area (Å²) in [7, 11) is 0. The van der Waals surface area contributed by atoms with Crippen molar-refractivity contribution in [3.8, 4) is 18.1 Å². The fraction of sp³-hybridized carbons (Fsp3) is 0.250. The van der Waals surface area contributed by atoms with Gasteiger partial charge in [0.25, 0.3) is 17.7 Å². The highest BCUT2D eigenvalue weighted by Crippen LogP contribution is 2.26. The summed E-state index contributed by atoms with van der Waals surface area (Å²) in [5.41, 5.74) is 1.58. The SMILES string of the molecule is C#CCNC(=O)CCNC(=O)c1cc(CN2C(=O)c3ccccc3C2=O)ccc1OCC. The van der Waals surface area contributed by atoms with E-state index in [1.807, 2.05) is 0 Å². The van der Waals surface area contributed by atoms with Crippen LogP contribution in [0.4, 0.5) is 0 Å². The van der Waals surface area contributed by atoms with Gasteiger partial charge >= 0.3 is 0 Å². The van der Waals surface area contributed by atoms with Gasteiger partial charge in [0.2, 0.25) is 5.91 Å². The van der Waals surface area contributed by atoms with Gasteiger partial charge in [0.1, 0.15) is 5.75 Å². The van der Waals surface area contributed by atoms with Crippen LogP contribution >= 0.6 is 0 Å². The number of benzene rings is 2. The molecule has 164 valence electrons. The van der Waals surface area contributed by atoms with E-state index in [1.165, 1.54) is 0 Å². The number of hydrogen-bond donors (Lipinski definition) is 2. The molecule has 0 saturated heterocycles. The molecule has 8 nitrogen and oxygen atoms in total. The van der Waals surface area contributed by atoms with Gasteiger partial charge in [-0.25, -0.2) is 0 Å². The molecule has 0 unspecified atom stereocenters. The number of fused-ring (bicyclic) bond motifs is 1. The Morgan fingerprint density at radius 1 is 1.06 bits per heavy atom. The summed E-state index contributed by atoms with van der Waals surface area (Å²) in [6.07, 6.45) is 5.17. The fourth-order valence-corrected chi connectivity index (χ4v) is 3.32. The van der Waals surface area contributed by atoms with Crippen molar-refractivity contribution in [3.05, 3.63) is 64.7 Å². The highest BCUT2D eigenvalue weighted by Gasteiger charge is 2.35. The third kappa shape index (κ3) is 4.95. The minimum absolute atomic E-state index is 0.0214. The average molecular weight is 433 g/mol. The lowest BCUT2D eigenvalue weighted by molar-refractivity contribution is -0.120. The lowest BCUT2D eigenvalue weighted by Crippen LogP contribution is -2.31. The Bertz CT molecular complexity index is 1070. The second kappa shape index (κ2) is 10.3. The molecule has 2 aromatic rings. The molecule has 32 heavy (non-hydrogen) atoms. The van der Waals surface area contributed by atoms with E-state index in [2.05, 4.69) is 16.6 Å². The minimum Gasteiger partial charge on any atom is -0.493 e. The standard InChI is InChI=1S/C24H23N3O5/c1-3-12-25-21(28)11-13-26-22(29)19-14-16(9-10-20(19)32-4-2)15-27-23(30)17-7-5-6-8-18(17)24(27)31/h1,5-10,14H,4,11-13,15H2,2H3,(H,25,28)(H,26,29). The van der Waals surface area contributed by atoms with Gasteiger partial charge < -0.3 is 15.4 Å². The van der Waals surface area contributed by atoms with Crippen LogP contribution in [-0.2, 0) is 11.3 Å². The summed E-state index contributed by atoms with van der Waals surface area (Å²) < 4.78 is 5.55. The van der Waals surface area contributed by atoms with Crippen LogP contribution < -0.4 is 15.4 Å². The van der Waals surface area contributed by atoms with Gasteiger partial charge in [-0.15, -0.1) is 6.42 Å². The van der Waals surface area contributed by atoms with Crippen LogP contribution in [-0.4, -0.2) is 48.2 Å². The monoisotopic (exact) mass is 433 g/mol. The molecule has 1 aliphatic heterocycles. The number of ether oxygens (including phenoxy) is 1. The zero-order valence-corrected chi connectivity index (χ0v) is 17.6. The molecule has 4 amide bonds. The normalized spacial score (nSPS) is 12.2. The van der Waals surface area contributed by atoms with Gasteiger partial charge in [0.05, 0.1) is 36.4 Å². The van der Waals surface area contributed by atoms with Crippen molar-refractivity contribution in [1.29, 1.82) is 0 Å². The largest absolute Gasteiger partial charge is 0.493 e. The number of carbonyl (C=O) groups excluding carboxylic acids is 4. The third-order valence-electron chi connectivity index (χ3n) is 4.83. The lowest BCUT2D eigenvalue weighted by Gasteiger charge is -2.16. The van der Waals surface area contributed by atoms with Crippen molar-refractivity contribution in [2.75, 3.05) is 19.7 Å². The molecule has 0 saturated carbocycles. The molecule has 0 bridgehead atoms. The van der Waals surface area contributed by atoms with Gasteiger partial charge in [-0.1, -0.05) is 24.1 Å². The lowest BCUT2D eigenvalue weighted by atomic mass is 10.1. The zero-order valence-electron chi connectivity index (χ0n) is 17.6. The number of terminal acetylenes is 1. The topological polar surface area (TPSA) is 105 Å². The van der Waals surface area contributed by atoms with Crippen molar-refractivity contribution >= 4 is 23.6 Å². The van der Waals surface area contributed by atoms with E-state index in [-0.39, 0.29) is 49.3 Å². The second-order valence-electron chi connectivity index (χ2n) is 6.99. The predicted molar refractivity (Wildman–Crippen MR) is 117 cm³/mol. The number of nitrogens with zero attached hydrogens (tertiary/aromatic N) is 1. The molecule has 0 aliphatic carbocycles. The van der Waals surface area contributed by atoms with Crippen LogP contribution in [0.2, 0.25) is 0 Å². The smallest absolute Gasteiger partial charge is 0.261 e. The van der Waals surface area contributed by atoms with Crippen molar-refractivity contribution in [1.82, 2.24) is 15.5 Å². The first-order chi connectivity index (χ1) is 15.5. The first kappa shape index (κ1) is 22.6. The molecular formula is C24H23N3O5. The van der Waals surface area contributed by atoms with E-state index in [9.17, 15) is 19.2 Å². The van der Waals surface area contributed by atoms with Crippen LogP contribution in [0, 0.1) is 12.3 Å². The number of imide groups is 1. The van der Waals surface area contributed by atoms with Gasteiger partial charge in [-0.05, 0) is 36.8 Å². The van der Waals surface area contributed by atoms with Gasteiger partial charge in [0.15, 0.2) is 0 Å². The second-order valence-corrected chi connectivity index (χ2v) is 6.99. The summed E-state index contributed by atoms with van der Waals surface area (Å²) in [5, 5.41) is 5.20. The molecule has 0 atom stereocenters. The molecule has 0 radical (unpaired) electrons. The van der Waals surface area contributed by atoms with Crippen molar-refractivity contribution < 1.29 is 23.9 Å². The average Bonchev–Trinajstić information content (AvgIpc) is 3.03. The molecule has 0 aromatic heterocycles. The summed E-state index contributed by atoms with van der Waals surface area (Å²) in [6.45, 7) is 2.41. The number of carbonyl (C=O) groups is 4. The number of hydrogen-bond acceptors (Lipinski definition) is 5. The van der Waals surface area contributed by atoms with Crippen LogP contribution in [0.3, 0.4) is 0 Å². The molecule has 1 aliphatic rings. The van der Waals surface area contributed by atoms with E-state index in [1.54, 1.807) is 49.4 Å². The Labute approximate surface area is 185 Å². The Balaban J connectivity index is 1.73. The van der Waals surface area contributed by atoms with E-state index in [0.717, 1.165) is 4.90 Å². The molecule has 3 rings (SSSR count). The van der Waals surface area contributed by atoms with Crippen LogP contribution in [0.15, 0.2) is 42.5 Å². The minimum atomic E-state index is -0.428. The summed E-state index contributed by atoms with van der Waals surface area (Å²) in [6, 6.07) is 11.6. The maximum absolute atomic E-state index is 12.7. The van der Waals surface area contributed by atoms with Crippen LogP contribution in [0.25, 0.3) is 0 Å². The molecule has 0 spiro atoms. The summed E-state index contributed by atoms with van der Waals surface area (Å²) in [4.78, 5) is 50.8. The number of nitrogens with one attached hydrogen (secondary N) is 2. The first-order valence-corrected chi connectivity index (χ1v) is 10.2. The van der Waals surface area contributed by atoms with Crippen molar-refractivity contribution in [2.45, 2.75) is 19.9 Å². The Kier molecular flexibility index (Phi) is 7.24. The predicted octanol–water partition coefficient (Wildman–Crippen LogP) is 1.75. The molecule has 1 heterocycles. The summed E-state index contributed by atoms with van der Waals surface area (Å²) in [5.74, 6) is 1.23. The Hall–Kier alpha value is -4.12. The fourth-order valence-electron chi connectivity index (χ4n) is 3.32. The van der Waals surface area contributed by atoms with Crippen molar-refractivity contribution in [2.24, 2.45) is 0 Å². The van der Waals surface area contributed by atoms with Crippen molar-refractivity contribution in [3.63, 3.8) is 0 Å². The number of rotatable bonds is 9. The Morgan fingerprint density at radius 3 is 2.38 bits per heavy atom. The highest BCUT2D eigenvalue weighted by molar-refractivity contribution is 6.21. The molecule has 0 fully saturated rings. The molecule has 2 aromatic carbocycles. The van der Waals surface area contributed by atoms with Gasteiger partial charge in [0, 0.05) is 13.0 Å². The summed E-state index contributed by atoms with van der Waals surface area (Å²) >= 11 is 0. The molecular weight excluding hydrogens is 410 g/mol. The molecule has 2 N–H and O–H groups in total. The van der Waals surface area contributed by atoms with Crippen LogP contribution in [0.1, 0.15) is 50.0 Å². The highest BCUT2D eigenvalue weighted by atomic mass is 16.5. The maximum Gasteiger partial charge on any atom is 0.261 e. The van der Waals surface area contributed by atoms with Crippen LogP contribution in [0.5, 0.6) is 5.75 Å². The zero-order chi connectivity index (χ0) is 23.1. The molecule has 8 heteroatoms. The number of amides is 4. The van der Waals surface area contributed by atoms with Gasteiger partial charge in [-0.2, -0.15) is 0 Å². The van der Waals surface area contributed by atoms with E-state index in [0.29, 0.717) is 29.0 Å². The third-order valence-corrected chi connectivity index (χ3v) is 4.83. The first-order valence-electron chi connectivity index (χ1n) is 10.2. The quantitative estimate of drug-likeness (QED) is 0.463. The van der Waals surface area contributed by atoms with E-state index >= 15 is 0 Å². The maximum atomic E-state index is 12.7. The Morgan fingerprint density at radius 2 is 1.75 bits per heavy atom. The van der Waals surface area contributed by atoms with E-state index in [4.69, 9.17) is 11.2 Å².